The van der Waals surface area contributed by atoms with Crippen molar-refractivity contribution in [3.63, 3.8) is 0 Å². The van der Waals surface area contributed by atoms with E-state index >= 15 is 0 Å². The van der Waals surface area contributed by atoms with Gasteiger partial charge in [-0.2, -0.15) is 0 Å². The second-order valence-corrected chi connectivity index (χ2v) is 4.44. The molecule has 4 heteroatoms. The fraction of sp³-hybridized carbons (Fsp3) is 0.800. The summed E-state index contributed by atoms with van der Waals surface area (Å²) in [6.07, 6.45) is 4.44. The zero-order valence-corrected chi connectivity index (χ0v) is 9.86. The molecular weight excluding hydrogens is 194 g/mol. The van der Waals surface area contributed by atoms with Gasteiger partial charge >= 0.3 is 0 Å². The average Bonchev–Trinajstić information content (AvgIpc) is 2.65. The lowest BCUT2D eigenvalue weighted by atomic mass is 10.3. The second-order valence-electron chi connectivity index (χ2n) is 3.30. The molecule has 0 amide bonds. The van der Waals surface area contributed by atoms with Gasteiger partial charge < -0.3 is 5.32 Å². The number of nitrogens with zero attached hydrogens (tertiary/aromatic N) is 2. The minimum atomic E-state index is 1.01. The zero-order valence-electron chi connectivity index (χ0n) is 9.05. The van der Waals surface area contributed by atoms with Crippen LogP contribution in [-0.2, 0) is 12.8 Å². The van der Waals surface area contributed by atoms with E-state index in [0.29, 0.717) is 0 Å². The fourth-order valence-electron chi connectivity index (χ4n) is 1.20. The number of hydrogen-bond acceptors (Lipinski definition) is 4. The Kier molecular flexibility index (Phi) is 5.71. The number of hydrogen-bond donors (Lipinski definition) is 1. The van der Waals surface area contributed by atoms with Crippen LogP contribution in [0.1, 0.15) is 36.7 Å². The standard InChI is InChI=1S/C10H19N3S/c1-3-7-11-8-5-6-10-13-12-9(4-2)14-10/h11H,3-8H2,1-2H3. The van der Waals surface area contributed by atoms with Crippen molar-refractivity contribution in [3.05, 3.63) is 10.0 Å². The first-order valence-electron chi connectivity index (χ1n) is 5.38. The quantitative estimate of drug-likeness (QED) is 0.704. The van der Waals surface area contributed by atoms with Crippen molar-refractivity contribution in [1.82, 2.24) is 15.5 Å². The molecule has 1 N–H and O–H groups in total. The Balaban J connectivity index is 2.12. The maximum absolute atomic E-state index is 4.15. The Morgan fingerprint density at radius 3 is 2.57 bits per heavy atom. The van der Waals surface area contributed by atoms with Gasteiger partial charge in [-0.3, -0.25) is 0 Å². The summed E-state index contributed by atoms with van der Waals surface area (Å²) in [5, 5.41) is 14.0. The Morgan fingerprint density at radius 1 is 1.14 bits per heavy atom. The van der Waals surface area contributed by atoms with E-state index in [2.05, 4.69) is 29.4 Å². The number of rotatable bonds is 7. The van der Waals surface area contributed by atoms with Crippen LogP contribution in [0.2, 0.25) is 0 Å². The Labute approximate surface area is 89.9 Å². The third-order valence-corrected chi connectivity index (χ3v) is 3.11. The lowest BCUT2D eigenvalue weighted by molar-refractivity contribution is 0.637. The van der Waals surface area contributed by atoms with Gasteiger partial charge in [0.15, 0.2) is 0 Å². The van der Waals surface area contributed by atoms with E-state index in [4.69, 9.17) is 0 Å². The van der Waals surface area contributed by atoms with Gasteiger partial charge in [0.25, 0.3) is 0 Å². The van der Waals surface area contributed by atoms with E-state index in [9.17, 15) is 0 Å². The Morgan fingerprint density at radius 2 is 1.93 bits per heavy atom. The summed E-state index contributed by atoms with van der Waals surface area (Å²) in [5.74, 6) is 0. The van der Waals surface area contributed by atoms with Crippen LogP contribution < -0.4 is 5.32 Å². The van der Waals surface area contributed by atoms with Crippen molar-refractivity contribution in [2.45, 2.75) is 39.5 Å². The molecule has 1 aromatic rings. The molecule has 14 heavy (non-hydrogen) atoms. The van der Waals surface area contributed by atoms with Crippen molar-refractivity contribution in [2.24, 2.45) is 0 Å². The van der Waals surface area contributed by atoms with Crippen LogP contribution in [0, 0.1) is 0 Å². The molecule has 0 bridgehead atoms. The lowest BCUT2D eigenvalue weighted by Crippen LogP contribution is -2.16. The predicted octanol–water partition coefficient (Wildman–Crippen LogP) is 2.03. The molecule has 0 atom stereocenters. The van der Waals surface area contributed by atoms with Crippen molar-refractivity contribution in [2.75, 3.05) is 13.1 Å². The molecule has 1 heterocycles. The lowest BCUT2D eigenvalue weighted by Gasteiger charge is -1.99. The highest BCUT2D eigenvalue weighted by Gasteiger charge is 2.01. The summed E-state index contributed by atoms with van der Waals surface area (Å²) in [7, 11) is 0. The molecule has 0 aliphatic rings. The molecule has 0 saturated carbocycles. The first kappa shape index (κ1) is 11.6. The first-order chi connectivity index (χ1) is 6.86. The summed E-state index contributed by atoms with van der Waals surface area (Å²) < 4.78 is 0. The summed E-state index contributed by atoms with van der Waals surface area (Å²) in [5.41, 5.74) is 0. The fourth-order valence-corrected chi connectivity index (χ4v) is 2.02. The van der Waals surface area contributed by atoms with Crippen LogP contribution in [0.3, 0.4) is 0 Å². The molecule has 3 nitrogen and oxygen atoms in total. The topological polar surface area (TPSA) is 37.8 Å². The van der Waals surface area contributed by atoms with E-state index in [-0.39, 0.29) is 0 Å². The van der Waals surface area contributed by atoms with E-state index in [1.807, 2.05) is 0 Å². The Bertz CT molecular complexity index is 247. The van der Waals surface area contributed by atoms with Crippen LogP contribution in [-0.4, -0.2) is 23.3 Å². The predicted molar refractivity (Wildman–Crippen MR) is 60.8 cm³/mol. The molecule has 0 spiro atoms. The normalized spacial score (nSPS) is 10.7. The highest BCUT2D eigenvalue weighted by atomic mass is 32.1. The highest BCUT2D eigenvalue weighted by molar-refractivity contribution is 7.11. The number of aromatic nitrogens is 2. The molecular formula is C10H19N3S. The monoisotopic (exact) mass is 213 g/mol. The summed E-state index contributed by atoms with van der Waals surface area (Å²) in [6, 6.07) is 0. The van der Waals surface area contributed by atoms with Crippen molar-refractivity contribution in [1.29, 1.82) is 0 Å². The molecule has 1 rings (SSSR count). The molecule has 0 aliphatic heterocycles. The van der Waals surface area contributed by atoms with Crippen molar-refractivity contribution < 1.29 is 0 Å². The maximum atomic E-state index is 4.15. The van der Waals surface area contributed by atoms with Crippen LogP contribution >= 0.6 is 11.3 Å². The molecule has 0 saturated heterocycles. The minimum absolute atomic E-state index is 1.01. The van der Waals surface area contributed by atoms with Gasteiger partial charge in [0.05, 0.1) is 0 Å². The van der Waals surface area contributed by atoms with E-state index in [1.54, 1.807) is 11.3 Å². The minimum Gasteiger partial charge on any atom is -0.317 e. The molecule has 0 fully saturated rings. The van der Waals surface area contributed by atoms with Gasteiger partial charge in [-0.15, -0.1) is 21.5 Å². The average molecular weight is 213 g/mol. The van der Waals surface area contributed by atoms with Gasteiger partial charge in [0, 0.05) is 6.42 Å². The van der Waals surface area contributed by atoms with E-state index in [0.717, 1.165) is 30.9 Å². The van der Waals surface area contributed by atoms with Crippen LogP contribution in [0.4, 0.5) is 0 Å². The Hall–Kier alpha value is -0.480. The summed E-state index contributed by atoms with van der Waals surface area (Å²) in [6.45, 7) is 6.52. The van der Waals surface area contributed by atoms with Crippen molar-refractivity contribution >= 4 is 11.3 Å². The number of nitrogens with one attached hydrogen (secondary N) is 1. The van der Waals surface area contributed by atoms with Gasteiger partial charge in [-0.05, 0) is 32.4 Å². The van der Waals surface area contributed by atoms with Crippen LogP contribution in [0.15, 0.2) is 0 Å². The molecule has 0 unspecified atom stereocenters. The highest BCUT2D eigenvalue weighted by Crippen LogP contribution is 2.11. The third kappa shape index (κ3) is 4.15. The first-order valence-corrected chi connectivity index (χ1v) is 6.20. The van der Waals surface area contributed by atoms with Crippen LogP contribution in [0.25, 0.3) is 0 Å². The van der Waals surface area contributed by atoms with Crippen LogP contribution in [0.5, 0.6) is 0 Å². The third-order valence-electron chi connectivity index (χ3n) is 1.98. The summed E-state index contributed by atoms with van der Waals surface area (Å²) >= 11 is 1.75. The second kappa shape index (κ2) is 6.90. The van der Waals surface area contributed by atoms with E-state index < -0.39 is 0 Å². The van der Waals surface area contributed by atoms with Gasteiger partial charge in [0.1, 0.15) is 10.0 Å². The molecule has 80 valence electrons. The maximum Gasteiger partial charge on any atom is 0.117 e. The van der Waals surface area contributed by atoms with E-state index in [1.165, 1.54) is 17.8 Å². The molecule has 1 aromatic heterocycles. The largest absolute Gasteiger partial charge is 0.317 e. The molecule has 0 radical (unpaired) electrons. The molecule has 0 aromatic carbocycles. The molecule has 0 aliphatic carbocycles. The smallest absolute Gasteiger partial charge is 0.117 e. The van der Waals surface area contributed by atoms with Gasteiger partial charge in [-0.1, -0.05) is 13.8 Å². The number of aryl methyl sites for hydroxylation is 2. The summed E-state index contributed by atoms with van der Waals surface area (Å²) in [4.78, 5) is 0. The zero-order chi connectivity index (χ0) is 10.2. The van der Waals surface area contributed by atoms with Gasteiger partial charge in [-0.25, -0.2) is 0 Å². The SMILES string of the molecule is CCCNCCCc1nnc(CC)s1. The van der Waals surface area contributed by atoms with Crippen molar-refractivity contribution in [3.8, 4) is 0 Å². The van der Waals surface area contributed by atoms with Gasteiger partial charge in [0.2, 0.25) is 0 Å².